The standard InChI is InChI=1S/C13H17Cl2N.C2H4/c1-2-13(6-3-7-16-9-13)10-4-5-11(14)12(15)8-10;1-2/h4-5,8,16H,2-3,6-7,9H2,1H3;1-2H2. The predicted molar refractivity (Wildman–Crippen MR) is 81.8 cm³/mol. The minimum absolute atomic E-state index is 0.243. The SMILES string of the molecule is C=C.CCC1(c2ccc(Cl)c(Cl)c2)CCCNC1. The van der Waals surface area contributed by atoms with Crippen molar-refractivity contribution in [2.75, 3.05) is 13.1 Å². The van der Waals surface area contributed by atoms with Crippen LogP contribution in [0.3, 0.4) is 0 Å². The Morgan fingerprint density at radius 1 is 1.28 bits per heavy atom. The molecule has 1 heterocycles. The molecule has 0 radical (unpaired) electrons. The molecule has 0 aliphatic carbocycles. The highest BCUT2D eigenvalue weighted by molar-refractivity contribution is 6.42. The molecule has 3 heteroatoms. The van der Waals surface area contributed by atoms with Gasteiger partial charge in [-0.15, -0.1) is 13.2 Å². The van der Waals surface area contributed by atoms with Crippen LogP contribution < -0.4 is 5.32 Å². The van der Waals surface area contributed by atoms with E-state index in [1.54, 1.807) is 0 Å². The second-order valence-electron chi connectivity index (χ2n) is 4.54. The zero-order valence-corrected chi connectivity index (χ0v) is 12.4. The maximum absolute atomic E-state index is 6.10. The second kappa shape index (κ2) is 7.18. The van der Waals surface area contributed by atoms with E-state index in [1.165, 1.54) is 18.4 Å². The Bertz CT molecular complexity index is 384. The van der Waals surface area contributed by atoms with Crippen LogP contribution in [0, 0.1) is 0 Å². The van der Waals surface area contributed by atoms with Gasteiger partial charge in [0.2, 0.25) is 0 Å². The molecule has 1 nitrogen and oxygen atoms in total. The monoisotopic (exact) mass is 285 g/mol. The van der Waals surface area contributed by atoms with Gasteiger partial charge in [-0.3, -0.25) is 0 Å². The molecule has 0 saturated carbocycles. The minimum Gasteiger partial charge on any atom is -0.316 e. The summed E-state index contributed by atoms with van der Waals surface area (Å²) in [6.07, 6.45) is 3.60. The molecule has 1 aliphatic rings. The molecular formula is C15H21Cl2N. The fraction of sp³-hybridized carbons (Fsp3) is 0.467. The third-order valence-corrected chi connectivity index (χ3v) is 4.42. The summed E-state index contributed by atoms with van der Waals surface area (Å²) in [5.41, 5.74) is 1.56. The largest absolute Gasteiger partial charge is 0.316 e. The summed E-state index contributed by atoms with van der Waals surface area (Å²) in [7, 11) is 0. The Balaban J connectivity index is 0.000000771. The van der Waals surface area contributed by atoms with Crippen molar-refractivity contribution >= 4 is 23.2 Å². The van der Waals surface area contributed by atoms with E-state index >= 15 is 0 Å². The first-order valence-electron chi connectivity index (χ1n) is 6.34. The zero-order chi connectivity index (χ0) is 13.6. The van der Waals surface area contributed by atoms with Gasteiger partial charge in [-0.25, -0.2) is 0 Å². The summed E-state index contributed by atoms with van der Waals surface area (Å²) < 4.78 is 0. The van der Waals surface area contributed by atoms with E-state index in [1.807, 2.05) is 12.1 Å². The van der Waals surface area contributed by atoms with Crippen LogP contribution in [-0.4, -0.2) is 13.1 Å². The van der Waals surface area contributed by atoms with Crippen molar-refractivity contribution in [3.8, 4) is 0 Å². The lowest BCUT2D eigenvalue weighted by Crippen LogP contribution is -2.42. The van der Waals surface area contributed by atoms with E-state index in [0.29, 0.717) is 10.0 Å². The van der Waals surface area contributed by atoms with Crippen molar-refractivity contribution in [2.24, 2.45) is 0 Å². The van der Waals surface area contributed by atoms with Crippen LogP contribution in [0.15, 0.2) is 31.4 Å². The zero-order valence-electron chi connectivity index (χ0n) is 10.9. The summed E-state index contributed by atoms with van der Waals surface area (Å²) >= 11 is 12.1. The maximum Gasteiger partial charge on any atom is 0.0595 e. The third kappa shape index (κ3) is 3.28. The lowest BCUT2D eigenvalue weighted by Gasteiger charge is -2.37. The molecule has 1 N–H and O–H groups in total. The van der Waals surface area contributed by atoms with Gasteiger partial charge in [0.1, 0.15) is 0 Å². The topological polar surface area (TPSA) is 12.0 Å². The number of benzene rings is 1. The number of piperidine rings is 1. The van der Waals surface area contributed by atoms with Crippen molar-refractivity contribution in [1.82, 2.24) is 5.32 Å². The van der Waals surface area contributed by atoms with Crippen LogP contribution in [-0.2, 0) is 5.41 Å². The average molecular weight is 286 g/mol. The predicted octanol–water partition coefficient (Wildman–Crippen LogP) is 4.83. The number of halogens is 2. The van der Waals surface area contributed by atoms with Crippen LogP contribution in [0.1, 0.15) is 31.7 Å². The van der Waals surface area contributed by atoms with E-state index in [4.69, 9.17) is 23.2 Å². The van der Waals surface area contributed by atoms with Crippen molar-refractivity contribution in [2.45, 2.75) is 31.6 Å². The van der Waals surface area contributed by atoms with Crippen LogP contribution >= 0.6 is 23.2 Å². The minimum atomic E-state index is 0.243. The summed E-state index contributed by atoms with van der Waals surface area (Å²) in [6.45, 7) is 10.4. The molecule has 1 atom stereocenters. The van der Waals surface area contributed by atoms with Gasteiger partial charge < -0.3 is 5.32 Å². The highest BCUT2D eigenvalue weighted by Crippen LogP contribution is 2.37. The van der Waals surface area contributed by atoms with Gasteiger partial charge in [0.25, 0.3) is 0 Å². The lowest BCUT2D eigenvalue weighted by molar-refractivity contribution is 0.303. The molecule has 1 aromatic rings. The molecule has 1 unspecified atom stereocenters. The van der Waals surface area contributed by atoms with Crippen molar-refractivity contribution in [3.63, 3.8) is 0 Å². The molecule has 0 amide bonds. The van der Waals surface area contributed by atoms with E-state index in [9.17, 15) is 0 Å². The molecule has 0 bridgehead atoms. The van der Waals surface area contributed by atoms with Gasteiger partial charge in [-0.1, -0.05) is 36.2 Å². The molecule has 18 heavy (non-hydrogen) atoms. The molecule has 0 spiro atoms. The highest BCUT2D eigenvalue weighted by Gasteiger charge is 2.32. The van der Waals surface area contributed by atoms with Gasteiger partial charge in [-0.05, 0) is 43.5 Å². The highest BCUT2D eigenvalue weighted by atomic mass is 35.5. The van der Waals surface area contributed by atoms with Crippen molar-refractivity contribution < 1.29 is 0 Å². The molecule has 100 valence electrons. The first-order valence-corrected chi connectivity index (χ1v) is 7.10. The maximum atomic E-state index is 6.10. The fourth-order valence-electron chi connectivity index (χ4n) is 2.55. The molecule has 2 rings (SSSR count). The Morgan fingerprint density at radius 3 is 2.50 bits per heavy atom. The van der Waals surface area contributed by atoms with Gasteiger partial charge in [0.05, 0.1) is 10.0 Å². The first kappa shape index (κ1) is 15.6. The average Bonchev–Trinajstić information content (AvgIpc) is 2.45. The second-order valence-corrected chi connectivity index (χ2v) is 5.36. The summed E-state index contributed by atoms with van der Waals surface area (Å²) in [4.78, 5) is 0. The fourth-order valence-corrected chi connectivity index (χ4v) is 2.84. The van der Waals surface area contributed by atoms with Crippen LogP contribution in [0.5, 0.6) is 0 Å². The molecule has 1 aromatic carbocycles. The molecule has 1 fully saturated rings. The summed E-state index contributed by atoms with van der Waals surface area (Å²) in [6, 6.07) is 6.05. The van der Waals surface area contributed by atoms with Crippen molar-refractivity contribution in [1.29, 1.82) is 0 Å². The third-order valence-electron chi connectivity index (χ3n) is 3.68. The quantitative estimate of drug-likeness (QED) is 0.768. The Hall–Kier alpha value is -0.500. The number of hydrogen-bond acceptors (Lipinski definition) is 1. The Kier molecular flexibility index (Phi) is 6.20. The Labute approximate surface area is 120 Å². The van der Waals surface area contributed by atoms with Crippen LogP contribution in [0.2, 0.25) is 10.0 Å². The van der Waals surface area contributed by atoms with Gasteiger partial charge in [0, 0.05) is 12.0 Å². The van der Waals surface area contributed by atoms with Gasteiger partial charge >= 0.3 is 0 Å². The molecule has 1 saturated heterocycles. The first-order chi connectivity index (χ1) is 8.68. The van der Waals surface area contributed by atoms with E-state index in [2.05, 4.69) is 31.5 Å². The normalized spacial score (nSPS) is 23.1. The molecule has 0 aromatic heterocycles. The molecular weight excluding hydrogens is 265 g/mol. The van der Waals surface area contributed by atoms with Crippen LogP contribution in [0.25, 0.3) is 0 Å². The van der Waals surface area contributed by atoms with Crippen LogP contribution in [0.4, 0.5) is 0 Å². The number of hydrogen-bond donors (Lipinski definition) is 1. The Morgan fingerprint density at radius 2 is 2.00 bits per heavy atom. The van der Waals surface area contributed by atoms with E-state index in [-0.39, 0.29) is 5.41 Å². The lowest BCUT2D eigenvalue weighted by atomic mass is 9.73. The van der Waals surface area contributed by atoms with Gasteiger partial charge in [0.15, 0.2) is 0 Å². The molecule has 1 aliphatic heterocycles. The van der Waals surface area contributed by atoms with E-state index < -0.39 is 0 Å². The number of nitrogens with one attached hydrogen (secondary N) is 1. The van der Waals surface area contributed by atoms with E-state index in [0.717, 1.165) is 19.5 Å². The van der Waals surface area contributed by atoms with Crippen molar-refractivity contribution in [3.05, 3.63) is 47.0 Å². The summed E-state index contributed by atoms with van der Waals surface area (Å²) in [5.74, 6) is 0. The van der Waals surface area contributed by atoms with Gasteiger partial charge in [-0.2, -0.15) is 0 Å². The smallest absolute Gasteiger partial charge is 0.0595 e. The number of rotatable bonds is 2. The summed E-state index contributed by atoms with van der Waals surface area (Å²) in [5, 5.41) is 4.79.